The van der Waals surface area contributed by atoms with Gasteiger partial charge in [-0.2, -0.15) is 0 Å². The lowest BCUT2D eigenvalue weighted by Gasteiger charge is -2.25. The van der Waals surface area contributed by atoms with Gasteiger partial charge in [0.15, 0.2) is 17.5 Å². The molecule has 0 saturated carbocycles. The largest absolute Gasteiger partial charge is 0.508 e. The first-order valence-corrected chi connectivity index (χ1v) is 6.99. The summed E-state index contributed by atoms with van der Waals surface area (Å²) in [7, 11) is 1.47. The van der Waals surface area contributed by atoms with Crippen molar-refractivity contribution in [1.82, 2.24) is 4.90 Å². The predicted molar refractivity (Wildman–Crippen MR) is 79.7 cm³/mol. The van der Waals surface area contributed by atoms with E-state index in [0.717, 1.165) is 17.7 Å². The third-order valence-electron chi connectivity index (χ3n) is 3.71. The van der Waals surface area contributed by atoms with E-state index >= 15 is 0 Å². The average Bonchev–Trinajstić information content (AvgIpc) is 2.53. The number of hydrogen-bond donors (Lipinski definition) is 1. The number of phenols is 1. The van der Waals surface area contributed by atoms with E-state index in [2.05, 4.69) is 0 Å². The Morgan fingerprint density at radius 2 is 1.70 bits per heavy atom. The van der Waals surface area contributed by atoms with Crippen LogP contribution in [-0.4, -0.2) is 29.0 Å². The van der Waals surface area contributed by atoms with Crippen molar-refractivity contribution in [2.45, 2.75) is 19.4 Å². The second-order valence-corrected chi connectivity index (χ2v) is 5.36. The standard InChI is InChI=1S/C17H16F3NO2/c1-10(9-11-3-5-12(22)6-4-11)21(2)17(23)13-7-8-14(18)16(20)15(13)19/h3-8,10,22H,9H2,1-2H3/t10-/m0/s1. The van der Waals surface area contributed by atoms with Crippen LogP contribution in [0.2, 0.25) is 0 Å². The van der Waals surface area contributed by atoms with Gasteiger partial charge in [-0.3, -0.25) is 4.79 Å². The number of carbonyl (C=O) groups is 1. The number of aromatic hydroxyl groups is 1. The lowest BCUT2D eigenvalue weighted by atomic mass is 10.0. The molecule has 6 heteroatoms. The van der Waals surface area contributed by atoms with E-state index in [1.54, 1.807) is 19.1 Å². The van der Waals surface area contributed by atoms with Crippen LogP contribution < -0.4 is 0 Å². The van der Waals surface area contributed by atoms with E-state index in [-0.39, 0.29) is 11.8 Å². The number of nitrogens with zero attached hydrogens (tertiary/aromatic N) is 1. The minimum Gasteiger partial charge on any atom is -0.508 e. The van der Waals surface area contributed by atoms with Gasteiger partial charge in [-0.25, -0.2) is 13.2 Å². The third kappa shape index (κ3) is 3.64. The van der Waals surface area contributed by atoms with Crippen molar-refractivity contribution in [3.63, 3.8) is 0 Å². The van der Waals surface area contributed by atoms with Gasteiger partial charge in [0.05, 0.1) is 5.56 Å². The molecular formula is C17H16F3NO2. The molecule has 1 amide bonds. The van der Waals surface area contributed by atoms with Crippen molar-refractivity contribution in [3.8, 4) is 5.75 Å². The van der Waals surface area contributed by atoms with E-state index in [1.807, 2.05) is 0 Å². The molecule has 0 saturated heterocycles. The van der Waals surface area contributed by atoms with Crippen LogP contribution in [0.3, 0.4) is 0 Å². The van der Waals surface area contributed by atoms with Gasteiger partial charge < -0.3 is 10.0 Å². The van der Waals surface area contributed by atoms with Crippen LogP contribution in [0.1, 0.15) is 22.8 Å². The minimum absolute atomic E-state index is 0.134. The van der Waals surface area contributed by atoms with E-state index in [1.165, 1.54) is 24.1 Å². The molecule has 0 radical (unpaired) electrons. The summed E-state index contributed by atoms with van der Waals surface area (Å²) in [6.45, 7) is 1.75. The van der Waals surface area contributed by atoms with Crippen molar-refractivity contribution < 1.29 is 23.1 Å². The highest BCUT2D eigenvalue weighted by molar-refractivity contribution is 5.94. The highest BCUT2D eigenvalue weighted by atomic mass is 19.2. The number of hydrogen-bond acceptors (Lipinski definition) is 2. The third-order valence-corrected chi connectivity index (χ3v) is 3.71. The maximum Gasteiger partial charge on any atom is 0.256 e. The van der Waals surface area contributed by atoms with Gasteiger partial charge in [0.25, 0.3) is 5.91 Å². The van der Waals surface area contributed by atoms with Crippen LogP contribution in [0, 0.1) is 17.5 Å². The zero-order chi connectivity index (χ0) is 17.1. The molecule has 0 aliphatic heterocycles. The Labute approximate surface area is 132 Å². The monoisotopic (exact) mass is 323 g/mol. The molecular weight excluding hydrogens is 307 g/mol. The number of halogens is 3. The second kappa shape index (κ2) is 6.73. The summed E-state index contributed by atoms with van der Waals surface area (Å²) in [6.07, 6.45) is 0.466. The molecule has 0 bridgehead atoms. The molecule has 0 aliphatic rings. The zero-order valence-electron chi connectivity index (χ0n) is 12.7. The van der Waals surface area contributed by atoms with Crippen molar-refractivity contribution in [1.29, 1.82) is 0 Å². The lowest BCUT2D eigenvalue weighted by molar-refractivity contribution is 0.0737. The fourth-order valence-electron chi connectivity index (χ4n) is 2.19. The molecule has 0 spiro atoms. The van der Waals surface area contributed by atoms with Crippen LogP contribution >= 0.6 is 0 Å². The summed E-state index contributed by atoms with van der Waals surface area (Å²) >= 11 is 0. The Morgan fingerprint density at radius 1 is 1.09 bits per heavy atom. The van der Waals surface area contributed by atoms with Crippen LogP contribution in [0.4, 0.5) is 13.2 Å². The van der Waals surface area contributed by atoms with Crippen LogP contribution in [0.25, 0.3) is 0 Å². The lowest BCUT2D eigenvalue weighted by Crippen LogP contribution is -2.37. The highest BCUT2D eigenvalue weighted by Crippen LogP contribution is 2.19. The first-order valence-electron chi connectivity index (χ1n) is 6.99. The van der Waals surface area contributed by atoms with Gasteiger partial charge in [-0.15, -0.1) is 0 Å². The molecule has 2 aromatic rings. The van der Waals surface area contributed by atoms with Gasteiger partial charge in [-0.05, 0) is 43.2 Å². The number of benzene rings is 2. The molecule has 2 aromatic carbocycles. The Balaban J connectivity index is 2.15. The first-order chi connectivity index (χ1) is 10.8. The molecule has 0 aromatic heterocycles. The summed E-state index contributed by atoms with van der Waals surface area (Å²) in [5, 5.41) is 9.24. The fourth-order valence-corrected chi connectivity index (χ4v) is 2.19. The molecule has 2 rings (SSSR count). The molecule has 23 heavy (non-hydrogen) atoms. The molecule has 1 N–H and O–H groups in total. The summed E-state index contributed by atoms with van der Waals surface area (Å²) in [5.74, 6) is -5.07. The Bertz CT molecular complexity index is 717. The SMILES string of the molecule is C[C@@H](Cc1ccc(O)cc1)N(C)C(=O)c1ccc(F)c(F)c1F. The van der Waals surface area contributed by atoms with E-state index < -0.39 is 28.9 Å². The maximum atomic E-state index is 13.7. The van der Waals surface area contributed by atoms with Crippen molar-refractivity contribution >= 4 is 5.91 Å². The van der Waals surface area contributed by atoms with Gasteiger partial charge in [-0.1, -0.05) is 12.1 Å². The Kier molecular flexibility index (Phi) is 4.93. The normalized spacial score (nSPS) is 12.0. The van der Waals surface area contributed by atoms with E-state index in [9.17, 15) is 23.1 Å². The zero-order valence-corrected chi connectivity index (χ0v) is 12.7. The summed E-state index contributed by atoms with van der Waals surface area (Å²) in [4.78, 5) is 13.5. The number of likely N-dealkylation sites (N-methyl/N-ethyl adjacent to an activating group) is 1. The van der Waals surface area contributed by atoms with Crippen molar-refractivity contribution in [2.24, 2.45) is 0 Å². The summed E-state index contributed by atoms with van der Waals surface area (Å²) < 4.78 is 39.9. The number of amides is 1. The molecule has 1 atom stereocenters. The smallest absolute Gasteiger partial charge is 0.256 e. The van der Waals surface area contributed by atoms with Crippen LogP contribution in [0.5, 0.6) is 5.75 Å². The average molecular weight is 323 g/mol. The second-order valence-electron chi connectivity index (χ2n) is 5.36. The highest BCUT2D eigenvalue weighted by Gasteiger charge is 2.24. The number of carbonyl (C=O) groups excluding carboxylic acids is 1. The van der Waals surface area contributed by atoms with Crippen molar-refractivity contribution in [3.05, 3.63) is 65.0 Å². The first kappa shape index (κ1) is 16.9. The Morgan fingerprint density at radius 3 is 2.30 bits per heavy atom. The summed E-state index contributed by atoms with van der Waals surface area (Å²) in [6, 6.07) is 7.83. The van der Waals surface area contributed by atoms with Gasteiger partial charge >= 0.3 is 0 Å². The Hall–Kier alpha value is -2.50. The number of rotatable bonds is 4. The molecule has 0 unspecified atom stereocenters. The van der Waals surface area contributed by atoms with Crippen molar-refractivity contribution in [2.75, 3.05) is 7.05 Å². The van der Waals surface area contributed by atoms with Crippen LogP contribution in [-0.2, 0) is 6.42 Å². The van der Waals surface area contributed by atoms with E-state index in [4.69, 9.17) is 0 Å². The maximum absolute atomic E-state index is 13.7. The van der Waals surface area contributed by atoms with Crippen LogP contribution in [0.15, 0.2) is 36.4 Å². The van der Waals surface area contributed by atoms with Gasteiger partial charge in [0.2, 0.25) is 0 Å². The number of phenolic OH excluding ortho intramolecular Hbond substituents is 1. The molecule has 122 valence electrons. The minimum atomic E-state index is -1.66. The molecule has 0 aliphatic carbocycles. The fraction of sp³-hybridized carbons (Fsp3) is 0.235. The topological polar surface area (TPSA) is 40.5 Å². The molecule has 0 fully saturated rings. The quantitative estimate of drug-likeness (QED) is 0.875. The van der Waals surface area contributed by atoms with Gasteiger partial charge in [0.1, 0.15) is 5.75 Å². The predicted octanol–water partition coefficient (Wildman–Crippen LogP) is 3.51. The van der Waals surface area contributed by atoms with E-state index in [0.29, 0.717) is 6.42 Å². The molecule has 3 nitrogen and oxygen atoms in total. The van der Waals surface area contributed by atoms with Gasteiger partial charge in [0, 0.05) is 13.1 Å². The summed E-state index contributed by atoms with van der Waals surface area (Å²) in [5.41, 5.74) is 0.365. The molecule has 0 heterocycles.